The number of halogens is 5. The summed E-state index contributed by atoms with van der Waals surface area (Å²) in [6.07, 6.45) is -2.94. The molecule has 0 radical (unpaired) electrons. The largest absolute Gasteiger partial charge is 0.461 e. The molecule has 3 heterocycles. The third-order valence-electron chi connectivity index (χ3n) is 6.60. The van der Waals surface area contributed by atoms with Crippen LogP contribution in [0.4, 0.5) is 22.0 Å². The zero-order chi connectivity index (χ0) is 32.6. The van der Waals surface area contributed by atoms with E-state index >= 15 is 0 Å². The Bertz CT molecular complexity index is 1710. The van der Waals surface area contributed by atoms with Gasteiger partial charge in [0.1, 0.15) is 5.69 Å². The molecule has 2 N–H and O–H groups in total. The van der Waals surface area contributed by atoms with Crippen molar-refractivity contribution in [2.75, 3.05) is 0 Å². The maximum Gasteiger partial charge on any atom is 0.461 e. The van der Waals surface area contributed by atoms with Crippen molar-refractivity contribution in [2.24, 2.45) is 5.41 Å². The molecular formula is C27H27F5N10O2. The highest BCUT2D eigenvalue weighted by atomic mass is 19.4. The van der Waals surface area contributed by atoms with Crippen LogP contribution >= 0.6 is 0 Å². The van der Waals surface area contributed by atoms with E-state index < -0.39 is 41.7 Å². The van der Waals surface area contributed by atoms with E-state index in [9.17, 15) is 36.8 Å². The SMILES string of the molecule is Cc1cccnc1-n1nc(Cn2nnnc2C(F)(F)C(F)(F)F)cc1C(=O)NC1=C(C(=O)NC(C)C)C=C(C#N)CC1(C)C. The average molecular weight is 619 g/mol. The summed E-state index contributed by atoms with van der Waals surface area (Å²) in [6, 6.07) is 6.27. The lowest BCUT2D eigenvalue weighted by Gasteiger charge is -2.33. The number of hydrogen-bond acceptors (Lipinski definition) is 8. The van der Waals surface area contributed by atoms with Crippen molar-refractivity contribution in [1.29, 1.82) is 5.26 Å². The number of amides is 2. The lowest BCUT2D eigenvalue weighted by Crippen LogP contribution is -2.40. The molecular weight excluding hydrogens is 591 g/mol. The van der Waals surface area contributed by atoms with E-state index in [-0.39, 0.29) is 45.6 Å². The average Bonchev–Trinajstić information content (AvgIpc) is 3.56. The van der Waals surface area contributed by atoms with Gasteiger partial charge in [-0.25, -0.2) is 14.3 Å². The number of aryl methyl sites for hydroxylation is 1. The molecule has 2 amide bonds. The zero-order valence-electron chi connectivity index (χ0n) is 24.2. The first-order valence-electron chi connectivity index (χ1n) is 13.2. The quantitative estimate of drug-likeness (QED) is 0.363. The molecule has 0 atom stereocenters. The molecule has 0 spiro atoms. The minimum absolute atomic E-state index is 0.0628. The molecule has 0 aromatic carbocycles. The maximum absolute atomic E-state index is 14.1. The smallest absolute Gasteiger partial charge is 0.350 e. The third kappa shape index (κ3) is 6.19. The monoisotopic (exact) mass is 618 g/mol. The van der Waals surface area contributed by atoms with Crippen LogP contribution in [-0.2, 0) is 17.3 Å². The van der Waals surface area contributed by atoms with Gasteiger partial charge in [-0.05, 0) is 61.4 Å². The first kappa shape index (κ1) is 31.9. The number of alkyl halides is 5. The van der Waals surface area contributed by atoms with E-state index in [0.29, 0.717) is 11.1 Å². The summed E-state index contributed by atoms with van der Waals surface area (Å²) in [6.45, 7) is 7.88. The molecule has 17 heteroatoms. The van der Waals surface area contributed by atoms with Crippen molar-refractivity contribution in [1.82, 2.24) is 45.6 Å². The van der Waals surface area contributed by atoms with E-state index in [1.807, 2.05) is 0 Å². The predicted octanol–water partition coefficient (Wildman–Crippen LogP) is 3.65. The number of aromatic nitrogens is 7. The summed E-state index contributed by atoms with van der Waals surface area (Å²) in [5.41, 5.74) is -0.0655. The van der Waals surface area contributed by atoms with Gasteiger partial charge in [0.25, 0.3) is 11.8 Å². The fourth-order valence-corrected chi connectivity index (χ4v) is 4.58. The van der Waals surface area contributed by atoms with Gasteiger partial charge in [0.05, 0.1) is 23.9 Å². The van der Waals surface area contributed by atoms with Gasteiger partial charge in [-0.15, -0.1) is 5.10 Å². The molecule has 0 aliphatic heterocycles. The van der Waals surface area contributed by atoms with Crippen LogP contribution in [0.1, 0.15) is 61.7 Å². The number of nitrogens with one attached hydrogen (secondary N) is 2. The number of nitrogens with zero attached hydrogens (tertiary/aromatic N) is 8. The minimum atomic E-state index is -5.96. The molecule has 4 rings (SSSR count). The first-order chi connectivity index (χ1) is 20.5. The van der Waals surface area contributed by atoms with E-state index in [0.717, 1.165) is 4.68 Å². The van der Waals surface area contributed by atoms with Crippen molar-refractivity contribution in [3.8, 4) is 11.9 Å². The van der Waals surface area contributed by atoms with Crippen LogP contribution in [0, 0.1) is 23.7 Å². The van der Waals surface area contributed by atoms with Gasteiger partial charge in [0.2, 0.25) is 5.82 Å². The Morgan fingerprint density at radius 1 is 1.18 bits per heavy atom. The summed E-state index contributed by atoms with van der Waals surface area (Å²) in [5, 5.41) is 28.4. The molecule has 0 saturated heterocycles. The highest BCUT2D eigenvalue weighted by Crippen LogP contribution is 2.43. The zero-order valence-corrected chi connectivity index (χ0v) is 24.2. The molecule has 1 aliphatic rings. The molecule has 232 valence electrons. The third-order valence-corrected chi connectivity index (χ3v) is 6.60. The number of allylic oxidation sites excluding steroid dienone is 2. The Morgan fingerprint density at radius 3 is 2.50 bits per heavy atom. The van der Waals surface area contributed by atoms with E-state index in [4.69, 9.17) is 0 Å². The Balaban J connectivity index is 1.81. The van der Waals surface area contributed by atoms with Crippen LogP contribution < -0.4 is 10.6 Å². The van der Waals surface area contributed by atoms with Crippen molar-refractivity contribution < 1.29 is 31.5 Å². The number of rotatable bonds is 8. The lowest BCUT2D eigenvalue weighted by molar-refractivity contribution is -0.293. The standard InChI is InChI=1S/C27H27F5N10O2/c1-14(2)35-22(43)18-9-16(12-33)11-25(4,5)20(18)36-23(44)19-10-17(38-42(19)21-15(3)7-6-8-34-21)13-41-24(37-39-40-41)26(28,29)27(30,31)32/h6-10,14H,11,13H2,1-5H3,(H,35,43)(H,36,44). The molecule has 3 aromatic heterocycles. The van der Waals surface area contributed by atoms with Crippen LogP contribution in [-0.4, -0.2) is 59.0 Å². The predicted molar refractivity (Wildman–Crippen MR) is 143 cm³/mol. The number of hydrogen-bond donors (Lipinski definition) is 2. The Morgan fingerprint density at radius 2 is 1.89 bits per heavy atom. The van der Waals surface area contributed by atoms with Crippen LogP contribution in [0.3, 0.4) is 0 Å². The van der Waals surface area contributed by atoms with Gasteiger partial charge in [-0.3, -0.25) is 9.59 Å². The van der Waals surface area contributed by atoms with Crippen molar-refractivity contribution >= 4 is 11.8 Å². The van der Waals surface area contributed by atoms with Crippen LogP contribution in [0.25, 0.3) is 5.82 Å². The second kappa shape index (κ2) is 11.6. The highest BCUT2D eigenvalue weighted by molar-refractivity contribution is 6.00. The van der Waals surface area contributed by atoms with Crippen molar-refractivity contribution in [3.05, 3.63) is 70.1 Å². The molecule has 0 unspecified atom stereocenters. The molecule has 1 aliphatic carbocycles. The maximum atomic E-state index is 14.1. The van der Waals surface area contributed by atoms with E-state index in [1.54, 1.807) is 46.8 Å². The topological polar surface area (TPSA) is 156 Å². The Kier molecular flexibility index (Phi) is 8.40. The number of nitriles is 1. The van der Waals surface area contributed by atoms with Crippen LogP contribution in [0.5, 0.6) is 0 Å². The van der Waals surface area contributed by atoms with Gasteiger partial charge >= 0.3 is 12.1 Å². The fraction of sp³-hybridized carbons (Fsp3) is 0.407. The highest BCUT2D eigenvalue weighted by Gasteiger charge is 2.62. The van der Waals surface area contributed by atoms with Gasteiger partial charge in [0.15, 0.2) is 5.82 Å². The Hall–Kier alpha value is -5.01. The van der Waals surface area contributed by atoms with Crippen molar-refractivity contribution in [3.63, 3.8) is 0 Å². The van der Waals surface area contributed by atoms with E-state index in [2.05, 4.69) is 42.3 Å². The van der Waals surface area contributed by atoms with Gasteiger partial charge in [-0.1, -0.05) is 19.9 Å². The summed E-state index contributed by atoms with van der Waals surface area (Å²) in [5.74, 6) is -8.27. The minimum Gasteiger partial charge on any atom is -0.350 e. The van der Waals surface area contributed by atoms with E-state index in [1.165, 1.54) is 18.3 Å². The molecule has 0 saturated carbocycles. The van der Waals surface area contributed by atoms with Crippen LogP contribution in [0.15, 0.2) is 47.3 Å². The van der Waals surface area contributed by atoms with Gasteiger partial charge in [-0.2, -0.15) is 32.3 Å². The number of pyridine rings is 1. The molecule has 3 aromatic rings. The number of carbonyl (C=O) groups is 2. The molecule has 0 bridgehead atoms. The normalized spacial score (nSPS) is 15.2. The van der Waals surface area contributed by atoms with Crippen molar-refractivity contribution in [2.45, 2.75) is 65.7 Å². The Labute approximate surface area is 247 Å². The molecule has 12 nitrogen and oxygen atoms in total. The fourth-order valence-electron chi connectivity index (χ4n) is 4.58. The number of carbonyl (C=O) groups excluding carboxylic acids is 2. The van der Waals surface area contributed by atoms with Gasteiger partial charge < -0.3 is 10.6 Å². The summed E-state index contributed by atoms with van der Waals surface area (Å²) >= 11 is 0. The summed E-state index contributed by atoms with van der Waals surface area (Å²) < 4.78 is 68.7. The molecule has 44 heavy (non-hydrogen) atoms. The first-order valence-corrected chi connectivity index (χ1v) is 13.2. The second-order valence-electron chi connectivity index (χ2n) is 11.0. The lowest BCUT2D eigenvalue weighted by atomic mass is 9.76. The number of tetrazole rings is 1. The summed E-state index contributed by atoms with van der Waals surface area (Å²) in [7, 11) is 0. The van der Waals surface area contributed by atoms with Crippen LogP contribution in [0.2, 0.25) is 0 Å². The van der Waals surface area contributed by atoms with Gasteiger partial charge in [0, 0.05) is 28.9 Å². The second-order valence-corrected chi connectivity index (χ2v) is 11.0. The molecule has 0 fully saturated rings. The summed E-state index contributed by atoms with van der Waals surface area (Å²) in [4.78, 5) is 31.2.